The maximum atomic E-state index is 4.79. The van der Waals surface area contributed by atoms with Crippen molar-refractivity contribution in [3.05, 3.63) is 0 Å². The second-order valence-electron chi connectivity index (χ2n) is 1.01. The van der Waals surface area contributed by atoms with E-state index in [9.17, 15) is 0 Å². The Balaban J connectivity index is -0.000000245. The van der Waals surface area contributed by atoms with Crippen LogP contribution in [0.2, 0.25) is 0 Å². The summed E-state index contributed by atoms with van der Waals surface area (Å²) in [5.41, 5.74) is 0. The Morgan fingerprint density at radius 2 is 2.00 bits per heavy atom. The van der Waals surface area contributed by atoms with E-state index in [1.165, 1.54) is 11.4 Å². The Morgan fingerprint density at radius 3 is 2.30 bits per heavy atom. The van der Waals surface area contributed by atoms with Crippen LogP contribution in [0.15, 0.2) is 4.99 Å². The van der Waals surface area contributed by atoms with Crippen LogP contribution in [0.5, 0.6) is 0 Å². The molecule has 10 heavy (non-hydrogen) atoms. The maximum absolute atomic E-state index is 4.79. The fourth-order valence-corrected chi connectivity index (χ4v) is 0.999. The molecule has 0 bridgehead atoms. The number of nitrogens with zero attached hydrogens (tertiary/aromatic N) is 1. The van der Waals surface area contributed by atoms with E-state index in [1.807, 2.05) is 19.2 Å². The van der Waals surface area contributed by atoms with Crippen LogP contribution >= 0.6 is 12.2 Å². The van der Waals surface area contributed by atoms with E-state index in [4.69, 9.17) is 12.2 Å². The zero-order valence-corrected chi connectivity index (χ0v) is 8.29. The van der Waals surface area contributed by atoms with Crippen molar-refractivity contribution in [1.29, 1.82) is 0 Å². The standard InChI is InChI=1S/C5H8NS2.Cu.H2O/c1-3-6-5(7)8-4-2;;/h3-4H,1-2H3;;1H2/q+1;;. The summed E-state index contributed by atoms with van der Waals surface area (Å²) in [7, 11) is 0. The maximum Gasteiger partial charge on any atom is 0.389 e. The van der Waals surface area contributed by atoms with Crippen LogP contribution in [0.25, 0.3) is 0 Å². The Kier molecular flexibility index (Phi) is 20.2. The molecule has 0 aromatic rings. The minimum absolute atomic E-state index is 0. The van der Waals surface area contributed by atoms with E-state index >= 15 is 0 Å². The van der Waals surface area contributed by atoms with Gasteiger partial charge in [0.05, 0.1) is 0 Å². The van der Waals surface area contributed by atoms with Crippen molar-refractivity contribution in [2.24, 2.45) is 4.99 Å². The van der Waals surface area contributed by atoms with Gasteiger partial charge in [-0.25, -0.2) is 0 Å². The molecular formula is C5H10CuNOS2+. The molecule has 0 saturated carbocycles. The van der Waals surface area contributed by atoms with Crippen molar-refractivity contribution in [1.82, 2.24) is 0 Å². The molecule has 1 radical (unpaired) electrons. The fraction of sp³-hybridized carbons (Fsp3) is 0.400. The van der Waals surface area contributed by atoms with Gasteiger partial charge in [0.15, 0.2) is 5.37 Å². The van der Waals surface area contributed by atoms with E-state index in [0.29, 0.717) is 4.32 Å². The molecule has 2 nitrogen and oxygen atoms in total. The average molecular weight is 228 g/mol. The molecule has 0 aliphatic carbocycles. The normalized spacial score (nSPS) is 9.00. The van der Waals surface area contributed by atoms with Gasteiger partial charge < -0.3 is 5.48 Å². The van der Waals surface area contributed by atoms with Crippen LogP contribution in [0.4, 0.5) is 0 Å². The van der Waals surface area contributed by atoms with Crippen molar-refractivity contribution in [3.63, 3.8) is 0 Å². The Hall–Kier alpha value is 0.329. The van der Waals surface area contributed by atoms with Crippen LogP contribution in [-0.2, 0) is 28.4 Å². The van der Waals surface area contributed by atoms with E-state index in [1.54, 1.807) is 6.21 Å². The third-order valence-corrected chi connectivity index (χ3v) is 1.39. The predicted octanol–water partition coefficient (Wildman–Crippen LogP) is 0.440. The molecular weight excluding hydrogens is 218 g/mol. The van der Waals surface area contributed by atoms with E-state index in [-0.39, 0.29) is 22.5 Å². The van der Waals surface area contributed by atoms with Gasteiger partial charge in [0, 0.05) is 42.4 Å². The van der Waals surface area contributed by atoms with Crippen molar-refractivity contribution in [2.45, 2.75) is 13.8 Å². The molecule has 0 fully saturated rings. The largest absolute Gasteiger partial charge is 0.412 e. The molecule has 0 spiro atoms. The molecule has 5 heteroatoms. The van der Waals surface area contributed by atoms with Gasteiger partial charge in [-0.2, -0.15) is 4.99 Å². The van der Waals surface area contributed by atoms with Gasteiger partial charge in [-0.05, 0) is 6.92 Å². The zero-order valence-electron chi connectivity index (χ0n) is 5.72. The van der Waals surface area contributed by atoms with Gasteiger partial charge in [0.2, 0.25) is 11.4 Å². The number of thiocarbonyl (C=S) groups is 1. The first-order valence-corrected chi connectivity index (χ1v) is 3.57. The quantitative estimate of drug-likeness (QED) is 0.256. The summed E-state index contributed by atoms with van der Waals surface area (Å²) in [5.74, 6) is 0. The van der Waals surface area contributed by atoms with Crippen LogP contribution in [-0.4, -0.2) is 21.4 Å². The van der Waals surface area contributed by atoms with Gasteiger partial charge in [-0.1, -0.05) is 0 Å². The molecule has 0 saturated heterocycles. The first-order valence-electron chi connectivity index (χ1n) is 2.28. The minimum atomic E-state index is 0. The minimum Gasteiger partial charge on any atom is -0.412 e. The second-order valence-corrected chi connectivity index (χ2v) is 2.75. The summed E-state index contributed by atoms with van der Waals surface area (Å²) < 4.78 is 0.676. The van der Waals surface area contributed by atoms with Crippen LogP contribution in [0, 0.1) is 0 Å². The Morgan fingerprint density at radius 1 is 1.50 bits per heavy atom. The van der Waals surface area contributed by atoms with Crippen LogP contribution in [0.1, 0.15) is 13.8 Å². The molecule has 0 heterocycles. The van der Waals surface area contributed by atoms with Crippen molar-refractivity contribution in [3.8, 4) is 0 Å². The molecule has 0 aromatic heterocycles. The second kappa shape index (κ2) is 12.0. The summed E-state index contributed by atoms with van der Waals surface area (Å²) in [6.07, 6.45) is 1.69. The zero-order chi connectivity index (χ0) is 6.41. The molecule has 0 atom stereocenters. The van der Waals surface area contributed by atoms with Gasteiger partial charge in [-0.15, -0.1) is 0 Å². The summed E-state index contributed by atoms with van der Waals surface area (Å²) in [5, 5.41) is 1.91. The molecule has 2 N–H and O–H groups in total. The van der Waals surface area contributed by atoms with Gasteiger partial charge in [-0.3, -0.25) is 0 Å². The average Bonchev–Trinajstić information content (AvgIpc) is 1.68. The Bertz CT molecular complexity index is 122. The summed E-state index contributed by atoms with van der Waals surface area (Å²) >= 11 is 6.25. The van der Waals surface area contributed by atoms with Crippen molar-refractivity contribution >= 4 is 39.5 Å². The monoisotopic (exact) mass is 227 g/mol. The first-order chi connectivity index (χ1) is 3.81. The molecule has 0 aromatic carbocycles. The molecule has 63 valence electrons. The van der Waals surface area contributed by atoms with Crippen LogP contribution in [0.3, 0.4) is 0 Å². The molecule has 0 aliphatic heterocycles. The molecule has 0 amide bonds. The first kappa shape index (κ1) is 16.7. The topological polar surface area (TPSA) is 43.9 Å². The van der Waals surface area contributed by atoms with E-state index in [2.05, 4.69) is 4.99 Å². The Labute approximate surface area is 80.9 Å². The van der Waals surface area contributed by atoms with Crippen molar-refractivity contribution < 1.29 is 22.5 Å². The molecule has 0 unspecified atom stereocenters. The number of aliphatic imine (C=N–C) groups is 1. The van der Waals surface area contributed by atoms with Gasteiger partial charge in [0.25, 0.3) is 0 Å². The number of hydrogen-bond acceptors (Lipinski definition) is 1. The number of rotatable bonds is 0. The number of hydrogen-bond donors (Lipinski definition) is 0. The van der Waals surface area contributed by atoms with Crippen molar-refractivity contribution in [2.75, 3.05) is 0 Å². The van der Waals surface area contributed by atoms with E-state index in [0.717, 1.165) is 0 Å². The predicted molar refractivity (Wildman–Crippen MR) is 49.5 cm³/mol. The summed E-state index contributed by atoms with van der Waals surface area (Å²) in [6.45, 7) is 3.78. The van der Waals surface area contributed by atoms with Gasteiger partial charge in [0.1, 0.15) is 0 Å². The molecule has 0 aliphatic rings. The van der Waals surface area contributed by atoms with Crippen LogP contribution < -0.4 is 0 Å². The summed E-state index contributed by atoms with van der Waals surface area (Å²) in [6, 6.07) is 0. The smallest absolute Gasteiger partial charge is 0.389 e. The molecule has 0 rings (SSSR count). The van der Waals surface area contributed by atoms with Gasteiger partial charge >= 0.3 is 4.32 Å². The third-order valence-electron chi connectivity index (χ3n) is 0.453. The fourth-order valence-electron chi connectivity index (χ4n) is 0.237. The SMILES string of the molecule is CC=NC(=S)[S+]=CC.O.[Cu]. The summed E-state index contributed by atoms with van der Waals surface area (Å²) in [4.78, 5) is 3.85. The third kappa shape index (κ3) is 11.2. The van der Waals surface area contributed by atoms with E-state index < -0.39 is 0 Å².